The number of allylic oxidation sites excluding steroid dienone is 1. The van der Waals surface area contributed by atoms with E-state index in [0.717, 1.165) is 34.9 Å². The van der Waals surface area contributed by atoms with Crippen molar-refractivity contribution in [2.24, 2.45) is 11.8 Å². The molecule has 0 aliphatic heterocycles. The van der Waals surface area contributed by atoms with Gasteiger partial charge in [-0.2, -0.15) is 0 Å². The minimum atomic E-state index is -0.931. The van der Waals surface area contributed by atoms with Gasteiger partial charge >= 0.3 is 5.97 Å². The van der Waals surface area contributed by atoms with Crippen molar-refractivity contribution in [1.29, 1.82) is 0 Å². The Labute approximate surface area is 214 Å². The molecule has 0 bridgehead atoms. The fraction of sp³-hybridized carbons (Fsp3) is 0.370. The van der Waals surface area contributed by atoms with Gasteiger partial charge in [-0.05, 0) is 62.3 Å². The Morgan fingerprint density at radius 1 is 1.17 bits per heavy atom. The third-order valence-electron chi connectivity index (χ3n) is 6.57. The number of amides is 1. The molecule has 2 N–H and O–H groups in total. The van der Waals surface area contributed by atoms with Gasteiger partial charge in [0.2, 0.25) is 0 Å². The van der Waals surface area contributed by atoms with Gasteiger partial charge < -0.3 is 15.3 Å². The molecule has 35 heavy (non-hydrogen) atoms. The lowest BCUT2D eigenvalue weighted by Crippen LogP contribution is -2.34. The van der Waals surface area contributed by atoms with Crippen molar-refractivity contribution < 1.29 is 14.7 Å². The Hall–Kier alpha value is -2.97. The highest BCUT2D eigenvalue weighted by Gasteiger charge is 2.29. The zero-order valence-electron chi connectivity index (χ0n) is 20.3. The molecule has 1 amide bonds. The van der Waals surface area contributed by atoms with E-state index in [1.54, 1.807) is 10.9 Å². The second-order valence-electron chi connectivity index (χ2n) is 9.45. The summed E-state index contributed by atoms with van der Waals surface area (Å²) in [7, 11) is 0. The molecule has 0 spiro atoms. The second-order valence-corrected chi connectivity index (χ2v) is 11.2. The van der Waals surface area contributed by atoms with E-state index in [2.05, 4.69) is 42.6 Å². The number of carbonyl (C=O) groups excluding carboxylic acids is 1. The monoisotopic (exact) mass is 509 g/mol. The number of carboxylic acid groups (broad SMARTS) is 1. The average Bonchev–Trinajstić information content (AvgIpc) is 3.51. The minimum Gasteiger partial charge on any atom is -0.477 e. The number of thiophene rings is 1. The number of rotatable bonds is 8. The van der Waals surface area contributed by atoms with Crippen molar-refractivity contribution in [3.05, 3.63) is 64.1 Å². The smallest absolute Gasteiger partial charge is 0.348 e. The van der Waals surface area contributed by atoms with E-state index < -0.39 is 5.97 Å². The van der Waals surface area contributed by atoms with Crippen molar-refractivity contribution in [2.45, 2.75) is 52.5 Å². The summed E-state index contributed by atoms with van der Waals surface area (Å²) >= 11 is 2.64. The number of benzene rings is 1. The molecule has 1 aromatic carbocycles. The standard InChI is InChI=1S/C27H31N3O3S2/c1-16(2)30(18(4)19-7-5-17(3)6-8-19)23-13-24(35-25(23)27(32)33)20-9-11-21(12-10-20)29-26(31)22-14-34-15-28-22/h9-17,19H,4-8H2,1-3H3,(H,29,31)(H,32,33). The van der Waals surface area contributed by atoms with E-state index in [-0.39, 0.29) is 11.9 Å². The molecule has 0 atom stereocenters. The van der Waals surface area contributed by atoms with Crippen LogP contribution in [0.15, 0.2) is 53.5 Å². The second kappa shape index (κ2) is 10.7. The maximum atomic E-state index is 12.3. The predicted molar refractivity (Wildman–Crippen MR) is 145 cm³/mol. The molecule has 4 rings (SSSR count). The minimum absolute atomic E-state index is 0.0886. The Bertz CT molecular complexity index is 1190. The van der Waals surface area contributed by atoms with Crippen molar-refractivity contribution in [3.8, 4) is 10.4 Å². The van der Waals surface area contributed by atoms with Crippen LogP contribution < -0.4 is 10.2 Å². The van der Waals surface area contributed by atoms with Crippen LogP contribution in [0, 0.1) is 11.8 Å². The summed E-state index contributed by atoms with van der Waals surface area (Å²) < 4.78 is 0. The van der Waals surface area contributed by atoms with E-state index in [0.29, 0.717) is 27.9 Å². The maximum Gasteiger partial charge on any atom is 0.348 e. The summed E-state index contributed by atoms with van der Waals surface area (Å²) in [6, 6.07) is 9.49. The van der Waals surface area contributed by atoms with Gasteiger partial charge in [-0.15, -0.1) is 22.7 Å². The van der Waals surface area contributed by atoms with E-state index in [1.165, 1.54) is 35.5 Å². The molecule has 8 heteroatoms. The van der Waals surface area contributed by atoms with Gasteiger partial charge in [0, 0.05) is 27.7 Å². The maximum absolute atomic E-state index is 12.3. The third kappa shape index (κ3) is 5.65. The first kappa shape index (κ1) is 25.1. The highest BCUT2D eigenvalue weighted by molar-refractivity contribution is 7.18. The lowest BCUT2D eigenvalue weighted by molar-refractivity contribution is 0.0702. The first-order valence-corrected chi connectivity index (χ1v) is 13.7. The van der Waals surface area contributed by atoms with Crippen LogP contribution in [-0.4, -0.2) is 28.0 Å². The number of nitrogens with zero attached hydrogens (tertiary/aromatic N) is 2. The molecular weight excluding hydrogens is 478 g/mol. The first-order chi connectivity index (χ1) is 16.7. The number of anilines is 2. The number of nitrogens with one attached hydrogen (secondary N) is 1. The predicted octanol–water partition coefficient (Wildman–Crippen LogP) is 7.38. The summed E-state index contributed by atoms with van der Waals surface area (Å²) in [4.78, 5) is 31.8. The van der Waals surface area contributed by atoms with Gasteiger partial charge in [0.05, 0.1) is 11.2 Å². The normalized spacial score (nSPS) is 17.8. The summed E-state index contributed by atoms with van der Waals surface area (Å²) in [6.07, 6.45) is 4.55. The fourth-order valence-corrected chi connectivity index (χ4v) is 6.17. The number of hydrogen-bond donors (Lipinski definition) is 2. The van der Waals surface area contributed by atoms with Gasteiger partial charge in [-0.3, -0.25) is 4.79 Å². The van der Waals surface area contributed by atoms with Crippen LogP contribution >= 0.6 is 22.7 Å². The number of thiazole rings is 1. The number of hydrogen-bond acceptors (Lipinski definition) is 6. The van der Waals surface area contributed by atoms with Crippen molar-refractivity contribution in [3.63, 3.8) is 0 Å². The van der Waals surface area contributed by atoms with Gasteiger partial charge in [-0.1, -0.05) is 38.5 Å². The largest absolute Gasteiger partial charge is 0.477 e. The van der Waals surface area contributed by atoms with Crippen LogP contribution in [0.1, 0.15) is 66.6 Å². The number of aromatic carboxylic acids is 1. The summed E-state index contributed by atoms with van der Waals surface area (Å²) in [6.45, 7) is 10.9. The van der Waals surface area contributed by atoms with Gasteiger partial charge in [0.1, 0.15) is 10.6 Å². The van der Waals surface area contributed by atoms with E-state index in [1.807, 2.05) is 30.3 Å². The molecule has 0 saturated heterocycles. The van der Waals surface area contributed by atoms with Gasteiger partial charge in [-0.25, -0.2) is 9.78 Å². The number of carbonyl (C=O) groups is 2. The lowest BCUT2D eigenvalue weighted by Gasteiger charge is -2.37. The van der Waals surface area contributed by atoms with Crippen molar-refractivity contribution in [1.82, 2.24) is 4.98 Å². The quantitative estimate of drug-likeness (QED) is 0.331. The molecule has 1 aliphatic carbocycles. The van der Waals surface area contributed by atoms with E-state index in [4.69, 9.17) is 0 Å². The van der Waals surface area contributed by atoms with Crippen LogP contribution in [-0.2, 0) is 0 Å². The molecule has 3 aromatic rings. The molecule has 1 fully saturated rings. The van der Waals surface area contributed by atoms with Gasteiger partial charge in [0.15, 0.2) is 0 Å². The van der Waals surface area contributed by atoms with Crippen LogP contribution in [0.25, 0.3) is 10.4 Å². The summed E-state index contributed by atoms with van der Waals surface area (Å²) in [5, 5.41) is 14.6. The SMILES string of the molecule is C=C(C1CCC(C)CC1)N(c1cc(-c2ccc(NC(=O)c3cscn3)cc2)sc1C(=O)O)C(C)C. The summed E-state index contributed by atoms with van der Waals surface area (Å²) in [5.74, 6) is -0.0739. The number of carboxylic acids is 1. The van der Waals surface area contributed by atoms with Crippen molar-refractivity contribution in [2.75, 3.05) is 10.2 Å². The highest BCUT2D eigenvalue weighted by Crippen LogP contribution is 2.42. The highest BCUT2D eigenvalue weighted by atomic mass is 32.1. The zero-order valence-corrected chi connectivity index (χ0v) is 21.9. The van der Waals surface area contributed by atoms with E-state index in [9.17, 15) is 14.7 Å². The molecule has 184 valence electrons. The average molecular weight is 510 g/mol. The fourth-order valence-electron chi connectivity index (χ4n) is 4.65. The number of aromatic nitrogens is 1. The molecule has 1 aliphatic rings. The zero-order chi connectivity index (χ0) is 25.1. The lowest BCUT2D eigenvalue weighted by atomic mass is 9.81. The van der Waals surface area contributed by atoms with Crippen LogP contribution in [0.2, 0.25) is 0 Å². The topological polar surface area (TPSA) is 82.5 Å². The van der Waals surface area contributed by atoms with Crippen LogP contribution in [0.4, 0.5) is 11.4 Å². The Balaban J connectivity index is 1.59. The molecule has 1 saturated carbocycles. The molecule has 2 aromatic heterocycles. The molecule has 6 nitrogen and oxygen atoms in total. The van der Waals surface area contributed by atoms with Crippen LogP contribution in [0.3, 0.4) is 0 Å². The summed E-state index contributed by atoms with van der Waals surface area (Å²) in [5.41, 5.74) is 5.28. The molecule has 0 radical (unpaired) electrons. The van der Waals surface area contributed by atoms with Gasteiger partial charge in [0.25, 0.3) is 5.91 Å². The Morgan fingerprint density at radius 3 is 2.43 bits per heavy atom. The van der Waals surface area contributed by atoms with E-state index >= 15 is 0 Å². The molecule has 2 heterocycles. The molecule has 0 unspecified atom stereocenters. The Kier molecular flexibility index (Phi) is 7.72. The van der Waals surface area contributed by atoms with Crippen molar-refractivity contribution >= 4 is 45.9 Å². The first-order valence-electron chi connectivity index (χ1n) is 11.9. The molecular formula is C27H31N3O3S2. The van der Waals surface area contributed by atoms with Crippen LogP contribution in [0.5, 0.6) is 0 Å². The Morgan fingerprint density at radius 2 is 1.86 bits per heavy atom. The third-order valence-corrected chi connectivity index (χ3v) is 8.32.